The summed E-state index contributed by atoms with van der Waals surface area (Å²) in [5.41, 5.74) is 8.46. The lowest BCUT2D eigenvalue weighted by molar-refractivity contribution is 0.249. The van der Waals surface area contributed by atoms with Crippen LogP contribution in [0.5, 0.6) is 0 Å². The van der Waals surface area contributed by atoms with Crippen molar-refractivity contribution in [3.63, 3.8) is 0 Å². The first-order valence-electron chi connectivity index (χ1n) is 8.54. The largest absolute Gasteiger partial charge is 0.330 e. The Morgan fingerprint density at radius 2 is 1.57 bits per heavy atom. The van der Waals surface area contributed by atoms with E-state index in [-0.39, 0.29) is 0 Å². The van der Waals surface area contributed by atoms with Crippen molar-refractivity contribution in [1.82, 2.24) is 9.80 Å². The third-order valence-electron chi connectivity index (χ3n) is 4.45. The molecule has 1 aromatic rings. The molecule has 1 heterocycles. The minimum absolute atomic E-state index is 0.827. The molecule has 0 bridgehead atoms. The van der Waals surface area contributed by atoms with Crippen molar-refractivity contribution < 1.29 is 0 Å². The van der Waals surface area contributed by atoms with Gasteiger partial charge in [-0.3, -0.25) is 4.90 Å². The molecule has 21 heavy (non-hydrogen) atoms. The van der Waals surface area contributed by atoms with E-state index >= 15 is 0 Å². The third kappa shape index (κ3) is 5.77. The van der Waals surface area contributed by atoms with Crippen molar-refractivity contribution in [1.29, 1.82) is 0 Å². The molecule has 0 unspecified atom stereocenters. The maximum Gasteiger partial charge on any atom is 0.0234 e. The quantitative estimate of drug-likeness (QED) is 0.783. The molecular weight excluding hydrogens is 258 g/mol. The van der Waals surface area contributed by atoms with E-state index in [2.05, 4.69) is 41.0 Å². The highest BCUT2D eigenvalue weighted by molar-refractivity contribution is 5.22. The van der Waals surface area contributed by atoms with Crippen LogP contribution in [0.4, 0.5) is 0 Å². The summed E-state index contributed by atoms with van der Waals surface area (Å²) in [6, 6.07) is 9.13. The Morgan fingerprint density at radius 3 is 2.29 bits per heavy atom. The lowest BCUT2D eigenvalue weighted by atomic mass is 10.1. The van der Waals surface area contributed by atoms with Crippen LogP contribution >= 0.6 is 0 Å². The molecule has 1 aliphatic rings. The molecule has 0 radical (unpaired) electrons. The van der Waals surface area contributed by atoms with Gasteiger partial charge in [-0.05, 0) is 63.0 Å². The van der Waals surface area contributed by atoms with Crippen molar-refractivity contribution in [3.8, 4) is 0 Å². The Bertz CT molecular complexity index is 388. The van der Waals surface area contributed by atoms with Crippen LogP contribution in [0.15, 0.2) is 24.3 Å². The first kappa shape index (κ1) is 16.5. The van der Waals surface area contributed by atoms with Crippen LogP contribution in [-0.4, -0.2) is 49.1 Å². The van der Waals surface area contributed by atoms with Crippen LogP contribution in [-0.2, 0) is 13.0 Å². The Morgan fingerprint density at radius 1 is 0.905 bits per heavy atom. The van der Waals surface area contributed by atoms with Crippen LogP contribution < -0.4 is 5.73 Å². The van der Waals surface area contributed by atoms with Crippen LogP contribution in [0.25, 0.3) is 0 Å². The SMILES string of the molecule is CCc1ccc(CN2CCCN(CCCCN)CC2)cc1. The molecule has 0 aliphatic carbocycles. The lowest BCUT2D eigenvalue weighted by Gasteiger charge is -2.22. The fourth-order valence-corrected chi connectivity index (χ4v) is 3.02. The average molecular weight is 289 g/mol. The fourth-order valence-electron chi connectivity index (χ4n) is 3.02. The van der Waals surface area contributed by atoms with Gasteiger partial charge in [0.2, 0.25) is 0 Å². The third-order valence-corrected chi connectivity index (χ3v) is 4.45. The van der Waals surface area contributed by atoms with E-state index in [9.17, 15) is 0 Å². The summed E-state index contributed by atoms with van der Waals surface area (Å²) in [7, 11) is 0. The second-order valence-corrected chi connectivity index (χ2v) is 6.14. The van der Waals surface area contributed by atoms with Crippen LogP contribution in [0, 0.1) is 0 Å². The van der Waals surface area contributed by atoms with E-state index < -0.39 is 0 Å². The van der Waals surface area contributed by atoms with Gasteiger partial charge in [-0.25, -0.2) is 0 Å². The van der Waals surface area contributed by atoms with E-state index in [4.69, 9.17) is 5.73 Å². The van der Waals surface area contributed by atoms with Gasteiger partial charge in [0.05, 0.1) is 0 Å². The van der Waals surface area contributed by atoms with Crippen molar-refractivity contribution in [3.05, 3.63) is 35.4 Å². The number of unbranched alkanes of at least 4 members (excludes halogenated alkanes) is 1. The number of hydrogen-bond acceptors (Lipinski definition) is 3. The summed E-state index contributed by atoms with van der Waals surface area (Å²) in [4.78, 5) is 5.21. The van der Waals surface area contributed by atoms with Gasteiger partial charge in [-0.1, -0.05) is 31.2 Å². The number of benzene rings is 1. The van der Waals surface area contributed by atoms with Crippen LogP contribution in [0.3, 0.4) is 0 Å². The average Bonchev–Trinajstić information content (AvgIpc) is 2.74. The molecule has 2 N–H and O–H groups in total. The van der Waals surface area contributed by atoms with Gasteiger partial charge >= 0.3 is 0 Å². The topological polar surface area (TPSA) is 32.5 Å². The van der Waals surface area contributed by atoms with Gasteiger partial charge < -0.3 is 10.6 Å². The Hall–Kier alpha value is -0.900. The van der Waals surface area contributed by atoms with E-state index in [1.54, 1.807) is 0 Å². The summed E-state index contributed by atoms with van der Waals surface area (Å²) < 4.78 is 0. The molecule has 3 nitrogen and oxygen atoms in total. The molecule has 0 aromatic heterocycles. The second kappa shape index (κ2) is 9.19. The molecule has 0 amide bonds. The minimum atomic E-state index is 0.827. The molecule has 1 aromatic carbocycles. The lowest BCUT2D eigenvalue weighted by Crippen LogP contribution is -2.31. The van der Waals surface area contributed by atoms with Crippen molar-refractivity contribution in [2.24, 2.45) is 5.73 Å². The van der Waals surface area contributed by atoms with Crippen molar-refractivity contribution in [2.75, 3.05) is 39.3 Å². The molecule has 118 valence electrons. The second-order valence-electron chi connectivity index (χ2n) is 6.14. The molecule has 3 heteroatoms. The molecule has 1 saturated heterocycles. The first-order chi connectivity index (χ1) is 10.3. The number of nitrogens with two attached hydrogens (primary N) is 1. The van der Waals surface area contributed by atoms with Gasteiger partial charge in [-0.2, -0.15) is 0 Å². The zero-order valence-corrected chi connectivity index (χ0v) is 13.6. The molecule has 1 aliphatic heterocycles. The zero-order valence-electron chi connectivity index (χ0n) is 13.6. The molecule has 0 spiro atoms. The maximum absolute atomic E-state index is 5.58. The summed E-state index contributed by atoms with van der Waals surface area (Å²) in [6.45, 7) is 10.2. The Balaban J connectivity index is 1.76. The molecular formula is C18H31N3. The van der Waals surface area contributed by atoms with Crippen LogP contribution in [0.2, 0.25) is 0 Å². The predicted molar refractivity (Wildman–Crippen MR) is 90.4 cm³/mol. The zero-order chi connectivity index (χ0) is 14.9. The smallest absolute Gasteiger partial charge is 0.0234 e. The van der Waals surface area contributed by atoms with E-state index in [1.165, 1.54) is 56.7 Å². The van der Waals surface area contributed by atoms with Crippen molar-refractivity contribution in [2.45, 2.75) is 39.2 Å². The van der Waals surface area contributed by atoms with E-state index in [0.29, 0.717) is 0 Å². The van der Waals surface area contributed by atoms with Crippen LogP contribution in [0.1, 0.15) is 37.3 Å². The van der Waals surface area contributed by atoms with Gasteiger partial charge in [0.25, 0.3) is 0 Å². The molecule has 2 rings (SSSR count). The summed E-state index contributed by atoms with van der Waals surface area (Å²) in [5.74, 6) is 0. The Kier molecular flexibility index (Phi) is 7.20. The van der Waals surface area contributed by atoms with Gasteiger partial charge in [0.15, 0.2) is 0 Å². The molecule has 0 atom stereocenters. The monoisotopic (exact) mass is 289 g/mol. The van der Waals surface area contributed by atoms with E-state index in [0.717, 1.165) is 25.9 Å². The van der Waals surface area contributed by atoms with E-state index in [1.807, 2.05) is 0 Å². The summed E-state index contributed by atoms with van der Waals surface area (Å²) in [5, 5.41) is 0. The summed E-state index contributed by atoms with van der Waals surface area (Å²) >= 11 is 0. The molecule has 0 saturated carbocycles. The first-order valence-corrected chi connectivity index (χ1v) is 8.54. The molecule has 1 fully saturated rings. The maximum atomic E-state index is 5.58. The number of aryl methyl sites for hydroxylation is 1. The van der Waals surface area contributed by atoms with Gasteiger partial charge in [0, 0.05) is 19.6 Å². The number of hydrogen-bond donors (Lipinski definition) is 1. The highest BCUT2D eigenvalue weighted by Gasteiger charge is 2.14. The van der Waals surface area contributed by atoms with Gasteiger partial charge in [-0.15, -0.1) is 0 Å². The highest BCUT2D eigenvalue weighted by atomic mass is 15.2. The normalized spacial score (nSPS) is 17.8. The summed E-state index contributed by atoms with van der Waals surface area (Å²) in [6.07, 6.45) is 4.82. The minimum Gasteiger partial charge on any atom is -0.330 e. The van der Waals surface area contributed by atoms with Gasteiger partial charge in [0.1, 0.15) is 0 Å². The number of nitrogens with zero attached hydrogens (tertiary/aromatic N) is 2. The highest BCUT2D eigenvalue weighted by Crippen LogP contribution is 2.11. The standard InChI is InChI=1S/C18H31N3/c1-2-17-6-8-18(9-7-17)16-21-13-5-12-20(14-15-21)11-4-3-10-19/h6-9H,2-5,10-16,19H2,1H3. The number of rotatable bonds is 7. The predicted octanol–water partition coefficient (Wildman–Crippen LogP) is 2.50. The van der Waals surface area contributed by atoms with Crippen molar-refractivity contribution >= 4 is 0 Å². The fraction of sp³-hybridized carbons (Fsp3) is 0.667. The Labute approximate surface area is 130 Å².